The standard InChI is InChI=1S/C26H20NO4S/c1-4-26(3,20-11-13-21(14-12-20)27(29)30)31-25(28)19-9-15-22(16-10-19)32-17-18(2)23-7-5-6-8-24(23)32/h1,5-17H,2-3H3/q+1. The second-order valence-electron chi connectivity index (χ2n) is 7.53. The molecule has 0 aliphatic carbocycles. The molecule has 0 N–H and O–H groups in total. The van der Waals surface area contributed by atoms with Crippen LogP contribution in [0.4, 0.5) is 5.69 Å². The van der Waals surface area contributed by atoms with Crippen molar-refractivity contribution in [1.29, 1.82) is 0 Å². The lowest BCUT2D eigenvalue weighted by Gasteiger charge is -2.24. The molecule has 1 heterocycles. The molecule has 4 aromatic rings. The first-order valence-corrected chi connectivity index (χ1v) is 11.2. The van der Waals surface area contributed by atoms with Crippen molar-refractivity contribution in [3.05, 3.63) is 105 Å². The fourth-order valence-corrected chi connectivity index (χ4v) is 5.66. The van der Waals surface area contributed by atoms with E-state index in [1.165, 1.54) is 39.9 Å². The van der Waals surface area contributed by atoms with Crippen molar-refractivity contribution in [2.45, 2.75) is 19.4 Å². The van der Waals surface area contributed by atoms with Crippen LogP contribution < -0.4 is 0 Å². The molecule has 4 rings (SSSR count). The van der Waals surface area contributed by atoms with Crippen molar-refractivity contribution in [2.75, 3.05) is 0 Å². The number of fused-ring (bicyclic) bond motifs is 1. The fourth-order valence-electron chi connectivity index (χ4n) is 3.54. The van der Waals surface area contributed by atoms with E-state index in [-0.39, 0.29) is 16.2 Å². The van der Waals surface area contributed by atoms with Crippen LogP contribution in [0.5, 0.6) is 0 Å². The number of terminal acetylenes is 1. The van der Waals surface area contributed by atoms with Gasteiger partial charge in [0.2, 0.25) is 0 Å². The molecule has 0 bridgehead atoms. The number of thiophene rings is 1. The maximum absolute atomic E-state index is 12.8. The Hall–Kier alpha value is -3.95. The quantitative estimate of drug-likeness (QED) is 0.116. The highest BCUT2D eigenvalue weighted by Crippen LogP contribution is 2.41. The number of benzene rings is 3. The third-order valence-corrected chi connectivity index (χ3v) is 7.59. The largest absolute Gasteiger partial charge is 0.438 e. The summed E-state index contributed by atoms with van der Waals surface area (Å²) in [5.41, 5.74) is 0.708. The van der Waals surface area contributed by atoms with Crippen molar-refractivity contribution in [3.8, 4) is 17.2 Å². The molecule has 158 valence electrons. The first-order chi connectivity index (χ1) is 15.3. The second-order valence-corrected chi connectivity index (χ2v) is 9.35. The normalized spacial score (nSPS) is 13.2. The van der Waals surface area contributed by atoms with Crippen LogP contribution >= 0.6 is 10.5 Å². The molecular weight excluding hydrogens is 422 g/mol. The van der Waals surface area contributed by atoms with E-state index in [1.54, 1.807) is 19.1 Å². The number of ether oxygens (including phenoxy) is 1. The molecular formula is C26H20NO4S+. The van der Waals surface area contributed by atoms with Gasteiger partial charge < -0.3 is 4.74 Å². The Balaban J connectivity index is 1.58. The monoisotopic (exact) mass is 442 g/mol. The summed E-state index contributed by atoms with van der Waals surface area (Å²) in [5, 5.41) is 14.4. The molecule has 1 aromatic heterocycles. The first-order valence-electron chi connectivity index (χ1n) is 9.89. The fraction of sp³-hybridized carbons (Fsp3) is 0.115. The summed E-state index contributed by atoms with van der Waals surface area (Å²) >= 11 is 0. The summed E-state index contributed by atoms with van der Waals surface area (Å²) < 4.78 is 6.92. The number of nitro groups is 1. The van der Waals surface area contributed by atoms with Gasteiger partial charge >= 0.3 is 5.97 Å². The predicted octanol–water partition coefficient (Wildman–Crippen LogP) is 6.50. The molecule has 2 unspecified atom stereocenters. The molecule has 0 amide bonds. The number of carbonyl (C=O) groups excluding carboxylic acids is 1. The van der Waals surface area contributed by atoms with Crippen LogP contribution in [0.2, 0.25) is 0 Å². The van der Waals surface area contributed by atoms with E-state index >= 15 is 0 Å². The van der Waals surface area contributed by atoms with Gasteiger partial charge in [-0.1, -0.05) is 18.1 Å². The van der Waals surface area contributed by atoms with E-state index in [9.17, 15) is 14.9 Å². The van der Waals surface area contributed by atoms with Gasteiger partial charge in [0.15, 0.2) is 15.2 Å². The molecule has 5 nitrogen and oxygen atoms in total. The molecule has 0 spiro atoms. The highest BCUT2D eigenvalue weighted by atomic mass is 32.2. The lowest BCUT2D eigenvalue weighted by Crippen LogP contribution is -2.27. The van der Waals surface area contributed by atoms with E-state index in [4.69, 9.17) is 11.2 Å². The van der Waals surface area contributed by atoms with Crippen molar-refractivity contribution in [2.24, 2.45) is 0 Å². The van der Waals surface area contributed by atoms with Crippen LogP contribution in [-0.2, 0) is 10.3 Å². The van der Waals surface area contributed by atoms with Crippen LogP contribution in [-0.4, -0.2) is 10.9 Å². The van der Waals surface area contributed by atoms with Gasteiger partial charge in [-0.25, -0.2) is 4.79 Å². The molecule has 2 atom stereocenters. The van der Waals surface area contributed by atoms with E-state index in [0.29, 0.717) is 11.1 Å². The summed E-state index contributed by atoms with van der Waals surface area (Å²) in [6.45, 7) is 3.70. The molecule has 0 fully saturated rings. The second kappa shape index (κ2) is 8.29. The van der Waals surface area contributed by atoms with Crippen molar-refractivity contribution < 1.29 is 14.5 Å². The third-order valence-electron chi connectivity index (χ3n) is 5.39. The lowest BCUT2D eigenvalue weighted by molar-refractivity contribution is -0.384. The third kappa shape index (κ3) is 3.86. The SMILES string of the molecule is C#CC(C)(OC(=O)c1ccc(-[s+]2cc(C)c3ccccc32)cc1)c1ccc([N+](=O)[O-])cc1. The highest BCUT2D eigenvalue weighted by Gasteiger charge is 2.30. The molecule has 3 aromatic carbocycles. The number of carbonyl (C=O) groups is 1. The number of rotatable bonds is 5. The molecule has 0 radical (unpaired) electrons. The van der Waals surface area contributed by atoms with Gasteiger partial charge in [-0.2, -0.15) is 0 Å². The van der Waals surface area contributed by atoms with Gasteiger partial charge in [0.05, 0.1) is 10.5 Å². The zero-order valence-electron chi connectivity index (χ0n) is 17.6. The Morgan fingerprint density at radius 2 is 1.72 bits per heavy atom. The average molecular weight is 443 g/mol. The van der Waals surface area contributed by atoms with E-state index < -0.39 is 16.5 Å². The number of nitro benzene ring substituents is 1. The summed E-state index contributed by atoms with van der Waals surface area (Å²) in [7, 11) is -0.175. The minimum absolute atomic E-state index is 0.0614. The maximum Gasteiger partial charge on any atom is 0.339 e. The number of aryl methyl sites for hydroxylation is 1. The zero-order valence-corrected chi connectivity index (χ0v) is 18.4. The van der Waals surface area contributed by atoms with Gasteiger partial charge in [-0.3, -0.25) is 10.1 Å². The maximum atomic E-state index is 12.8. The average Bonchev–Trinajstić information content (AvgIpc) is 3.16. The van der Waals surface area contributed by atoms with E-state index in [0.717, 1.165) is 4.90 Å². The van der Waals surface area contributed by atoms with Gasteiger partial charge in [-0.15, -0.1) is 6.42 Å². The molecule has 32 heavy (non-hydrogen) atoms. The van der Waals surface area contributed by atoms with Gasteiger partial charge in [0, 0.05) is 39.1 Å². The number of esters is 1. The van der Waals surface area contributed by atoms with Crippen LogP contribution in [0.1, 0.15) is 28.4 Å². The van der Waals surface area contributed by atoms with Gasteiger partial charge in [0.25, 0.3) is 5.69 Å². The Morgan fingerprint density at radius 1 is 1.06 bits per heavy atom. The molecule has 0 saturated heterocycles. The van der Waals surface area contributed by atoms with Crippen LogP contribution in [0, 0.1) is 29.4 Å². The van der Waals surface area contributed by atoms with Crippen LogP contribution in [0.25, 0.3) is 15.0 Å². The zero-order chi connectivity index (χ0) is 22.9. The van der Waals surface area contributed by atoms with Gasteiger partial charge in [-0.05, 0) is 62.4 Å². The van der Waals surface area contributed by atoms with Crippen LogP contribution in [0.3, 0.4) is 0 Å². The highest BCUT2D eigenvalue weighted by molar-refractivity contribution is 7.43. The number of hydrogen-bond donors (Lipinski definition) is 0. The Labute approximate surface area is 188 Å². The molecule has 6 heteroatoms. The van der Waals surface area contributed by atoms with Crippen molar-refractivity contribution >= 4 is 32.2 Å². The molecule has 0 aliphatic rings. The summed E-state index contributed by atoms with van der Waals surface area (Å²) in [6.07, 6.45) is 5.66. The summed E-state index contributed by atoms with van der Waals surface area (Å²) in [6, 6.07) is 21.4. The first kappa shape index (κ1) is 21.3. The van der Waals surface area contributed by atoms with Gasteiger partial charge in [0.1, 0.15) is 5.38 Å². The number of hydrogen-bond acceptors (Lipinski definition) is 4. The minimum atomic E-state index is -1.35. The molecule has 0 saturated carbocycles. The van der Waals surface area contributed by atoms with E-state index in [1.807, 2.05) is 24.3 Å². The number of nitrogens with zero attached hydrogens (tertiary/aromatic N) is 1. The van der Waals surface area contributed by atoms with Crippen LogP contribution in [0.15, 0.2) is 78.2 Å². The topological polar surface area (TPSA) is 69.4 Å². The Morgan fingerprint density at radius 3 is 2.34 bits per heavy atom. The van der Waals surface area contributed by atoms with E-state index in [2.05, 4.69) is 30.4 Å². The summed E-state index contributed by atoms with van der Waals surface area (Å²) in [4.78, 5) is 24.3. The summed E-state index contributed by atoms with van der Waals surface area (Å²) in [5.74, 6) is 1.94. The minimum Gasteiger partial charge on any atom is -0.438 e. The number of non-ortho nitro benzene ring substituents is 1. The molecule has 0 aliphatic heterocycles. The smallest absolute Gasteiger partial charge is 0.339 e. The Bertz CT molecular complexity index is 1360. The Kier molecular flexibility index (Phi) is 5.52. The lowest BCUT2D eigenvalue weighted by atomic mass is 9.96. The van der Waals surface area contributed by atoms with Crippen molar-refractivity contribution in [3.63, 3.8) is 0 Å². The predicted molar refractivity (Wildman–Crippen MR) is 127 cm³/mol. The van der Waals surface area contributed by atoms with Crippen molar-refractivity contribution in [1.82, 2.24) is 0 Å².